The molecular formula is C14H15NO2S. The number of aliphatic hydroxyl groups excluding tert-OH is 1. The molecule has 18 heavy (non-hydrogen) atoms. The Morgan fingerprint density at radius 1 is 1.33 bits per heavy atom. The van der Waals surface area contributed by atoms with E-state index in [9.17, 15) is 9.90 Å². The van der Waals surface area contributed by atoms with E-state index in [1.54, 1.807) is 0 Å². The number of carbonyl (C=O) groups is 1. The molecule has 0 bridgehead atoms. The van der Waals surface area contributed by atoms with E-state index < -0.39 is 0 Å². The standard InChI is InChI=1S/C14H15NO2S/c1-10-8-18-9-12(10)14(17)15-13(7-16)11-5-3-2-4-6-11/h2-6,8-9,13,16H,7H2,1H3,(H,15,17)/t13-/m0/s1. The van der Waals surface area contributed by atoms with Crippen LogP contribution in [0, 0.1) is 6.92 Å². The van der Waals surface area contributed by atoms with E-state index in [0.717, 1.165) is 11.1 Å². The largest absolute Gasteiger partial charge is 0.394 e. The number of amides is 1. The zero-order valence-electron chi connectivity index (χ0n) is 10.1. The fraction of sp³-hybridized carbons (Fsp3) is 0.214. The third-order valence-corrected chi connectivity index (χ3v) is 3.65. The SMILES string of the molecule is Cc1cscc1C(=O)N[C@@H](CO)c1ccccc1. The van der Waals surface area contributed by atoms with Gasteiger partial charge in [0.2, 0.25) is 0 Å². The van der Waals surface area contributed by atoms with Gasteiger partial charge in [0.25, 0.3) is 5.91 Å². The van der Waals surface area contributed by atoms with Crippen LogP contribution >= 0.6 is 11.3 Å². The summed E-state index contributed by atoms with van der Waals surface area (Å²) in [5.41, 5.74) is 2.54. The summed E-state index contributed by atoms with van der Waals surface area (Å²) in [5.74, 6) is -0.142. The smallest absolute Gasteiger partial charge is 0.252 e. The molecule has 0 aliphatic carbocycles. The Bertz CT molecular complexity index is 522. The van der Waals surface area contributed by atoms with Crippen LogP contribution < -0.4 is 5.32 Å². The second kappa shape index (κ2) is 5.80. The molecule has 1 amide bonds. The van der Waals surface area contributed by atoms with Crippen LogP contribution in [0.5, 0.6) is 0 Å². The van der Waals surface area contributed by atoms with Crippen LogP contribution in [-0.4, -0.2) is 17.6 Å². The van der Waals surface area contributed by atoms with Crippen LogP contribution in [0.4, 0.5) is 0 Å². The van der Waals surface area contributed by atoms with Crippen molar-refractivity contribution in [3.63, 3.8) is 0 Å². The van der Waals surface area contributed by atoms with Gasteiger partial charge in [0.1, 0.15) is 0 Å². The molecule has 0 saturated carbocycles. The summed E-state index contributed by atoms with van der Waals surface area (Å²) in [6, 6.07) is 9.10. The van der Waals surface area contributed by atoms with E-state index in [-0.39, 0.29) is 18.6 Å². The van der Waals surface area contributed by atoms with Crippen LogP contribution in [-0.2, 0) is 0 Å². The fourth-order valence-corrected chi connectivity index (χ4v) is 2.58. The molecule has 1 aromatic carbocycles. The number of rotatable bonds is 4. The third kappa shape index (κ3) is 2.78. The monoisotopic (exact) mass is 261 g/mol. The van der Waals surface area contributed by atoms with Crippen molar-refractivity contribution in [1.82, 2.24) is 5.32 Å². The first-order valence-electron chi connectivity index (χ1n) is 5.72. The van der Waals surface area contributed by atoms with Gasteiger partial charge in [-0.2, -0.15) is 11.3 Å². The van der Waals surface area contributed by atoms with Crippen molar-refractivity contribution in [2.45, 2.75) is 13.0 Å². The molecule has 0 spiro atoms. The minimum absolute atomic E-state index is 0.112. The van der Waals surface area contributed by atoms with E-state index in [0.29, 0.717) is 5.56 Å². The molecule has 2 rings (SSSR count). The molecule has 0 unspecified atom stereocenters. The summed E-state index contributed by atoms with van der Waals surface area (Å²) in [6.45, 7) is 1.79. The quantitative estimate of drug-likeness (QED) is 0.888. The number of benzene rings is 1. The third-order valence-electron chi connectivity index (χ3n) is 2.79. The molecule has 4 heteroatoms. The van der Waals surface area contributed by atoms with Crippen molar-refractivity contribution < 1.29 is 9.90 Å². The number of hydrogen-bond donors (Lipinski definition) is 2. The first-order valence-corrected chi connectivity index (χ1v) is 6.66. The average Bonchev–Trinajstić information content (AvgIpc) is 2.83. The minimum Gasteiger partial charge on any atom is -0.394 e. The maximum absolute atomic E-state index is 12.1. The van der Waals surface area contributed by atoms with Gasteiger partial charge >= 0.3 is 0 Å². The number of thiophene rings is 1. The predicted octanol–water partition coefficient (Wildman–Crippen LogP) is 2.52. The lowest BCUT2D eigenvalue weighted by Gasteiger charge is -2.16. The summed E-state index contributed by atoms with van der Waals surface area (Å²) in [7, 11) is 0. The average molecular weight is 261 g/mol. The number of hydrogen-bond acceptors (Lipinski definition) is 3. The molecule has 2 N–H and O–H groups in total. The van der Waals surface area contributed by atoms with Crippen LogP contribution in [0.3, 0.4) is 0 Å². The Balaban J connectivity index is 2.13. The van der Waals surface area contributed by atoms with Crippen molar-refractivity contribution >= 4 is 17.2 Å². The molecule has 1 heterocycles. The van der Waals surface area contributed by atoms with Gasteiger partial charge in [-0.05, 0) is 23.4 Å². The van der Waals surface area contributed by atoms with Crippen LogP contribution in [0.25, 0.3) is 0 Å². The molecular weight excluding hydrogens is 246 g/mol. The number of aryl methyl sites for hydroxylation is 1. The molecule has 1 atom stereocenters. The summed E-state index contributed by atoms with van der Waals surface area (Å²) in [5, 5.41) is 16.0. The van der Waals surface area contributed by atoms with Crippen molar-refractivity contribution in [2.75, 3.05) is 6.61 Å². The summed E-state index contributed by atoms with van der Waals surface area (Å²) in [4.78, 5) is 12.1. The van der Waals surface area contributed by atoms with Crippen molar-refractivity contribution in [1.29, 1.82) is 0 Å². The van der Waals surface area contributed by atoms with Gasteiger partial charge in [-0.3, -0.25) is 4.79 Å². The Kier molecular flexibility index (Phi) is 4.12. The first-order chi connectivity index (χ1) is 8.72. The van der Waals surface area contributed by atoms with Gasteiger partial charge in [0.05, 0.1) is 18.2 Å². The Hall–Kier alpha value is -1.65. The summed E-state index contributed by atoms with van der Waals surface area (Å²) >= 11 is 1.50. The van der Waals surface area contributed by atoms with Gasteiger partial charge in [0, 0.05) is 5.38 Å². The number of nitrogens with one attached hydrogen (secondary N) is 1. The zero-order valence-corrected chi connectivity index (χ0v) is 10.9. The minimum atomic E-state index is -0.363. The van der Waals surface area contributed by atoms with E-state index in [1.165, 1.54) is 11.3 Å². The highest BCUT2D eigenvalue weighted by Crippen LogP contribution is 2.16. The molecule has 0 fully saturated rings. The lowest BCUT2D eigenvalue weighted by molar-refractivity contribution is 0.0916. The maximum Gasteiger partial charge on any atom is 0.252 e. The lowest BCUT2D eigenvalue weighted by atomic mass is 10.1. The van der Waals surface area contributed by atoms with E-state index in [4.69, 9.17) is 0 Å². The highest BCUT2D eigenvalue weighted by Gasteiger charge is 2.16. The normalized spacial score (nSPS) is 12.1. The van der Waals surface area contributed by atoms with Gasteiger partial charge in [-0.15, -0.1) is 0 Å². The second-order valence-electron chi connectivity index (χ2n) is 4.09. The first kappa shape index (κ1) is 12.8. The van der Waals surface area contributed by atoms with Gasteiger partial charge < -0.3 is 10.4 Å². The van der Waals surface area contributed by atoms with Crippen LogP contribution in [0.1, 0.15) is 27.5 Å². The van der Waals surface area contributed by atoms with E-state index in [2.05, 4.69) is 5.32 Å². The predicted molar refractivity (Wildman–Crippen MR) is 72.8 cm³/mol. The van der Waals surface area contributed by atoms with E-state index in [1.807, 2.05) is 48.0 Å². The summed E-state index contributed by atoms with van der Waals surface area (Å²) < 4.78 is 0. The summed E-state index contributed by atoms with van der Waals surface area (Å²) in [6.07, 6.45) is 0. The van der Waals surface area contributed by atoms with Gasteiger partial charge in [0.15, 0.2) is 0 Å². The molecule has 0 radical (unpaired) electrons. The Morgan fingerprint density at radius 2 is 2.06 bits per heavy atom. The van der Waals surface area contributed by atoms with E-state index >= 15 is 0 Å². The molecule has 3 nitrogen and oxygen atoms in total. The lowest BCUT2D eigenvalue weighted by Crippen LogP contribution is -2.30. The fourth-order valence-electron chi connectivity index (χ4n) is 1.75. The van der Waals surface area contributed by atoms with Gasteiger partial charge in [-0.1, -0.05) is 30.3 Å². The number of aliphatic hydroxyl groups is 1. The zero-order chi connectivity index (χ0) is 13.0. The second-order valence-corrected chi connectivity index (χ2v) is 4.83. The van der Waals surface area contributed by atoms with Crippen LogP contribution in [0.2, 0.25) is 0 Å². The molecule has 0 aliphatic heterocycles. The molecule has 94 valence electrons. The Labute approximate surface area is 110 Å². The van der Waals surface area contributed by atoms with Crippen molar-refractivity contribution in [3.05, 3.63) is 57.8 Å². The maximum atomic E-state index is 12.1. The van der Waals surface area contributed by atoms with Crippen molar-refractivity contribution in [2.24, 2.45) is 0 Å². The topological polar surface area (TPSA) is 49.3 Å². The number of carbonyl (C=O) groups excluding carboxylic acids is 1. The Morgan fingerprint density at radius 3 is 2.61 bits per heavy atom. The molecule has 0 saturated heterocycles. The van der Waals surface area contributed by atoms with Crippen molar-refractivity contribution in [3.8, 4) is 0 Å². The van der Waals surface area contributed by atoms with Crippen LogP contribution in [0.15, 0.2) is 41.1 Å². The molecule has 0 aliphatic rings. The molecule has 2 aromatic rings. The molecule has 1 aromatic heterocycles. The highest BCUT2D eigenvalue weighted by molar-refractivity contribution is 7.08. The van der Waals surface area contributed by atoms with Gasteiger partial charge in [-0.25, -0.2) is 0 Å². The highest BCUT2D eigenvalue weighted by atomic mass is 32.1.